The minimum absolute atomic E-state index is 0.775. The van der Waals surface area contributed by atoms with Crippen LogP contribution in [-0.2, 0) is 6.42 Å². The maximum atomic E-state index is 4.53. The standard InChI is InChI=1S/C11H18N4S/c1-2-10-12-11(16-13-10)15-7-9(8-15)14-5-3-4-6-14/h9H,2-8H2,1H3. The van der Waals surface area contributed by atoms with Crippen molar-refractivity contribution >= 4 is 16.7 Å². The molecule has 3 heterocycles. The molecule has 0 atom stereocenters. The Bertz CT molecular complexity index is 353. The highest BCUT2D eigenvalue weighted by Crippen LogP contribution is 2.27. The maximum Gasteiger partial charge on any atom is 0.205 e. The van der Waals surface area contributed by atoms with Crippen LogP contribution in [-0.4, -0.2) is 46.5 Å². The van der Waals surface area contributed by atoms with Gasteiger partial charge in [0.15, 0.2) is 0 Å². The van der Waals surface area contributed by atoms with Crippen LogP contribution in [0.1, 0.15) is 25.6 Å². The molecule has 0 bridgehead atoms. The number of nitrogens with zero attached hydrogens (tertiary/aromatic N) is 4. The number of aromatic nitrogens is 2. The largest absolute Gasteiger partial charge is 0.344 e. The summed E-state index contributed by atoms with van der Waals surface area (Å²) in [6, 6.07) is 0.775. The molecule has 4 nitrogen and oxygen atoms in total. The van der Waals surface area contributed by atoms with Crippen LogP contribution in [0.5, 0.6) is 0 Å². The summed E-state index contributed by atoms with van der Waals surface area (Å²) in [4.78, 5) is 9.51. The van der Waals surface area contributed by atoms with Crippen LogP contribution in [0.25, 0.3) is 0 Å². The summed E-state index contributed by atoms with van der Waals surface area (Å²) in [5.74, 6) is 0.990. The molecule has 1 aromatic heterocycles. The zero-order valence-corrected chi connectivity index (χ0v) is 10.5. The quantitative estimate of drug-likeness (QED) is 0.796. The molecule has 3 rings (SSSR count). The van der Waals surface area contributed by atoms with Crippen LogP contribution in [0, 0.1) is 0 Å². The van der Waals surface area contributed by atoms with Gasteiger partial charge in [0.1, 0.15) is 5.82 Å². The Labute approximate surface area is 100 Å². The van der Waals surface area contributed by atoms with Crippen LogP contribution in [0.15, 0.2) is 0 Å². The lowest BCUT2D eigenvalue weighted by atomic mass is 10.1. The summed E-state index contributed by atoms with van der Waals surface area (Å²) in [6.07, 6.45) is 3.71. The van der Waals surface area contributed by atoms with Gasteiger partial charge in [-0.1, -0.05) is 6.92 Å². The lowest BCUT2D eigenvalue weighted by Crippen LogP contribution is -2.58. The van der Waals surface area contributed by atoms with Crippen molar-refractivity contribution in [2.75, 3.05) is 31.1 Å². The predicted octanol–water partition coefficient (Wildman–Crippen LogP) is 1.38. The van der Waals surface area contributed by atoms with Gasteiger partial charge in [-0.3, -0.25) is 4.90 Å². The topological polar surface area (TPSA) is 32.3 Å². The van der Waals surface area contributed by atoms with Gasteiger partial charge in [0.25, 0.3) is 0 Å². The van der Waals surface area contributed by atoms with Crippen molar-refractivity contribution in [3.05, 3.63) is 5.82 Å². The molecule has 2 saturated heterocycles. The molecule has 0 radical (unpaired) electrons. The highest BCUT2D eigenvalue weighted by atomic mass is 32.1. The van der Waals surface area contributed by atoms with Crippen molar-refractivity contribution < 1.29 is 0 Å². The van der Waals surface area contributed by atoms with E-state index in [4.69, 9.17) is 0 Å². The van der Waals surface area contributed by atoms with Gasteiger partial charge in [0.2, 0.25) is 5.13 Å². The zero-order valence-electron chi connectivity index (χ0n) is 9.72. The molecule has 0 spiro atoms. The molecule has 2 aliphatic rings. The Kier molecular flexibility index (Phi) is 2.81. The molecular formula is C11H18N4S. The van der Waals surface area contributed by atoms with E-state index >= 15 is 0 Å². The van der Waals surface area contributed by atoms with E-state index in [1.54, 1.807) is 11.5 Å². The summed E-state index contributed by atoms with van der Waals surface area (Å²) in [5, 5.41) is 1.12. The second kappa shape index (κ2) is 4.30. The third kappa shape index (κ3) is 1.82. The van der Waals surface area contributed by atoms with E-state index in [0.717, 1.165) is 36.5 Å². The fourth-order valence-corrected chi connectivity index (χ4v) is 3.23. The number of likely N-dealkylation sites (tertiary alicyclic amines) is 1. The van der Waals surface area contributed by atoms with E-state index in [9.17, 15) is 0 Å². The minimum atomic E-state index is 0.775. The van der Waals surface area contributed by atoms with Crippen molar-refractivity contribution in [3.63, 3.8) is 0 Å². The normalized spacial score (nSPS) is 22.7. The summed E-state index contributed by atoms with van der Waals surface area (Å²) in [5.41, 5.74) is 0. The van der Waals surface area contributed by atoms with Crippen LogP contribution in [0.2, 0.25) is 0 Å². The SMILES string of the molecule is CCc1nsc(N2CC(N3CCCC3)C2)n1. The van der Waals surface area contributed by atoms with Gasteiger partial charge in [-0.2, -0.15) is 4.37 Å². The van der Waals surface area contributed by atoms with Crippen molar-refractivity contribution in [2.24, 2.45) is 0 Å². The van der Waals surface area contributed by atoms with Gasteiger partial charge >= 0.3 is 0 Å². The number of aryl methyl sites for hydroxylation is 1. The van der Waals surface area contributed by atoms with E-state index in [0.29, 0.717) is 0 Å². The Hall–Kier alpha value is -0.680. The molecule has 0 aromatic carbocycles. The van der Waals surface area contributed by atoms with Gasteiger partial charge in [0, 0.05) is 37.1 Å². The smallest absolute Gasteiger partial charge is 0.205 e. The Balaban J connectivity index is 1.56. The summed E-state index contributed by atoms with van der Waals surface area (Å²) < 4.78 is 4.34. The monoisotopic (exact) mass is 238 g/mol. The first-order valence-electron chi connectivity index (χ1n) is 6.18. The lowest BCUT2D eigenvalue weighted by Gasteiger charge is -2.43. The Morgan fingerprint density at radius 3 is 2.69 bits per heavy atom. The molecule has 0 saturated carbocycles. The average Bonchev–Trinajstić information content (AvgIpc) is 2.85. The van der Waals surface area contributed by atoms with Crippen LogP contribution in [0.4, 0.5) is 5.13 Å². The molecule has 5 heteroatoms. The lowest BCUT2D eigenvalue weighted by molar-refractivity contribution is 0.205. The molecule has 2 aliphatic heterocycles. The van der Waals surface area contributed by atoms with E-state index in [1.807, 2.05) is 0 Å². The van der Waals surface area contributed by atoms with Crippen LogP contribution in [0.3, 0.4) is 0 Å². The van der Waals surface area contributed by atoms with Crippen molar-refractivity contribution in [3.8, 4) is 0 Å². The fourth-order valence-electron chi connectivity index (χ4n) is 2.47. The third-order valence-corrected chi connectivity index (χ3v) is 4.38. The number of rotatable bonds is 3. The van der Waals surface area contributed by atoms with Gasteiger partial charge in [0.05, 0.1) is 0 Å². The molecule has 88 valence electrons. The van der Waals surface area contributed by atoms with E-state index in [-0.39, 0.29) is 0 Å². The van der Waals surface area contributed by atoms with Gasteiger partial charge in [-0.15, -0.1) is 0 Å². The van der Waals surface area contributed by atoms with Crippen molar-refractivity contribution in [2.45, 2.75) is 32.2 Å². The first-order valence-corrected chi connectivity index (χ1v) is 6.95. The van der Waals surface area contributed by atoms with Gasteiger partial charge in [-0.25, -0.2) is 4.98 Å². The molecule has 16 heavy (non-hydrogen) atoms. The highest BCUT2D eigenvalue weighted by molar-refractivity contribution is 7.09. The third-order valence-electron chi connectivity index (χ3n) is 3.56. The van der Waals surface area contributed by atoms with Crippen LogP contribution >= 0.6 is 11.5 Å². The van der Waals surface area contributed by atoms with Gasteiger partial charge < -0.3 is 4.90 Å². The fraction of sp³-hybridized carbons (Fsp3) is 0.818. The first-order chi connectivity index (χ1) is 7.86. The molecular weight excluding hydrogens is 220 g/mol. The van der Waals surface area contributed by atoms with E-state index in [1.165, 1.54) is 25.9 Å². The first kappa shape index (κ1) is 10.5. The predicted molar refractivity (Wildman–Crippen MR) is 66.1 cm³/mol. The Morgan fingerprint density at radius 2 is 2.06 bits per heavy atom. The number of anilines is 1. The van der Waals surface area contributed by atoms with Gasteiger partial charge in [-0.05, 0) is 25.9 Å². The number of hydrogen-bond acceptors (Lipinski definition) is 5. The Morgan fingerprint density at radius 1 is 1.31 bits per heavy atom. The molecule has 0 unspecified atom stereocenters. The van der Waals surface area contributed by atoms with Crippen LogP contribution < -0.4 is 4.90 Å². The average molecular weight is 238 g/mol. The second-order valence-corrected chi connectivity index (χ2v) is 5.38. The summed E-state index contributed by atoms with van der Waals surface area (Å²) in [7, 11) is 0. The number of hydrogen-bond donors (Lipinski definition) is 0. The summed E-state index contributed by atoms with van der Waals surface area (Å²) >= 11 is 1.55. The maximum absolute atomic E-state index is 4.53. The van der Waals surface area contributed by atoms with Crippen molar-refractivity contribution in [1.29, 1.82) is 0 Å². The van der Waals surface area contributed by atoms with Crippen molar-refractivity contribution in [1.82, 2.24) is 14.3 Å². The molecule has 0 aliphatic carbocycles. The zero-order chi connectivity index (χ0) is 11.0. The van der Waals surface area contributed by atoms with E-state index < -0.39 is 0 Å². The van der Waals surface area contributed by atoms with E-state index in [2.05, 4.69) is 26.1 Å². The molecule has 0 amide bonds. The second-order valence-electron chi connectivity index (χ2n) is 4.65. The molecule has 0 N–H and O–H groups in total. The minimum Gasteiger partial charge on any atom is -0.344 e. The molecule has 2 fully saturated rings. The summed E-state index contributed by atoms with van der Waals surface area (Å²) in [6.45, 7) is 7.01. The highest BCUT2D eigenvalue weighted by Gasteiger charge is 2.34. The molecule has 1 aromatic rings.